The average molecular weight is 268 g/mol. The number of hydrogen-bond acceptors (Lipinski definition) is 3. The van der Waals surface area contributed by atoms with Crippen LogP contribution in [0.4, 0.5) is 10.2 Å². The molecule has 0 unspecified atom stereocenters. The summed E-state index contributed by atoms with van der Waals surface area (Å²) in [7, 11) is 0. The molecular formula is C13H15ClFN3. The molecule has 1 N–H and O–H groups in total. The standard InChI is InChI=1S/C13H15ClFN3/c1-2-10(5-8-3-4-8)17-13-11(15)6-9(7-16)12(14)18-13/h6,8,10H,2-5H2,1H3,(H,17,18)/t10-/m0/s1. The molecule has 0 radical (unpaired) electrons. The molecule has 0 spiro atoms. The van der Waals surface area contributed by atoms with Crippen LogP contribution in [0.2, 0.25) is 5.15 Å². The van der Waals surface area contributed by atoms with Crippen LogP contribution in [0.1, 0.15) is 38.2 Å². The summed E-state index contributed by atoms with van der Waals surface area (Å²) in [5.41, 5.74) is 0.0648. The molecule has 0 amide bonds. The van der Waals surface area contributed by atoms with E-state index in [1.807, 2.05) is 6.07 Å². The number of hydrogen-bond donors (Lipinski definition) is 1. The van der Waals surface area contributed by atoms with E-state index in [0.717, 1.165) is 24.8 Å². The van der Waals surface area contributed by atoms with Gasteiger partial charge in [0.15, 0.2) is 11.6 Å². The number of aromatic nitrogens is 1. The first-order valence-electron chi connectivity index (χ1n) is 6.16. The van der Waals surface area contributed by atoms with E-state index in [-0.39, 0.29) is 22.6 Å². The number of nitrogens with zero attached hydrogens (tertiary/aromatic N) is 2. The van der Waals surface area contributed by atoms with Crippen LogP contribution in [0.3, 0.4) is 0 Å². The highest BCUT2D eigenvalue weighted by atomic mass is 35.5. The van der Waals surface area contributed by atoms with Gasteiger partial charge in [-0.15, -0.1) is 0 Å². The molecule has 1 atom stereocenters. The van der Waals surface area contributed by atoms with Crippen molar-refractivity contribution >= 4 is 17.4 Å². The molecule has 3 nitrogen and oxygen atoms in total. The fourth-order valence-electron chi connectivity index (χ4n) is 1.92. The summed E-state index contributed by atoms with van der Waals surface area (Å²) in [4.78, 5) is 3.92. The van der Waals surface area contributed by atoms with E-state index in [9.17, 15) is 4.39 Å². The van der Waals surface area contributed by atoms with Crippen molar-refractivity contribution in [1.82, 2.24) is 4.98 Å². The predicted octanol–water partition coefficient (Wildman–Crippen LogP) is 3.74. The van der Waals surface area contributed by atoms with Crippen molar-refractivity contribution in [1.29, 1.82) is 5.26 Å². The molecule has 1 aliphatic rings. The molecule has 0 bridgehead atoms. The van der Waals surface area contributed by atoms with Gasteiger partial charge in [0.05, 0.1) is 5.56 Å². The van der Waals surface area contributed by atoms with Crippen LogP contribution in [-0.2, 0) is 0 Å². The van der Waals surface area contributed by atoms with E-state index in [0.29, 0.717) is 0 Å². The Balaban J connectivity index is 2.12. The lowest BCUT2D eigenvalue weighted by Gasteiger charge is -2.17. The van der Waals surface area contributed by atoms with E-state index < -0.39 is 5.82 Å². The number of pyridine rings is 1. The van der Waals surface area contributed by atoms with Gasteiger partial charge >= 0.3 is 0 Å². The summed E-state index contributed by atoms with van der Waals surface area (Å²) in [6, 6.07) is 3.15. The molecule has 0 aliphatic heterocycles. The maximum absolute atomic E-state index is 13.7. The van der Waals surface area contributed by atoms with Gasteiger partial charge in [0.1, 0.15) is 11.2 Å². The van der Waals surface area contributed by atoms with Crippen LogP contribution in [0.15, 0.2) is 6.07 Å². The Morgan fingerprint density at radius 3 is 2.94 bits per heavy atom. The summed E-state index contributed by atoms with van der Waals surface area (Å²) in [5, 5.41) is 11.9. The van der Waals surface area contributed by atoms with E-state index in [4.69, 9.17) is 16.9 Å². The zero-order valence-electron chi connectivity index (χ0n) is 10.2. The Hall–Kier alpha value is -1.34. The lowest BCUT2D eigenvalue weighted by atomic mass is 10.1. The maximum atomic E-state index is 13.7. The molecule has 0 aromatic carbocycles. The van der Waals surface area contributed by atoms with Crippen LogP contribution in [-0.4, -0.2) is 11.0 Å². The Morgan fingerprint density at radius 1 is 1.67 bits per heavy atom. The largest absolute Gasteiger partial charge is 0.365 e. The van der Waals surface area contributed by atoms with Crippen molar-refractivity contribution in [3.05, 3.63) is 22.6 Å². The van der Waals surface area contributed by atoms with Crippen molar-refractivity contribution < 1.29 is 4.39 Å². The van der Waals surface area contributed by atoms with Crippen LogP contribution < -0.4 is 5.32 Å². The van der Waals surface area contributed by atoms with Gasteiger partial charge in [-0.2, -0.15) is 5.26 Å². The van der Waals surface area contributed by atoms with Gasteiger partial charge in [-0.25, -0.2) is 9.37 Å². The monoisotopic (exact) mass is 267 g/mol. The third-order valence-electron chi connectivity index (χ3n) is 3.20. The van der Waals surface area contributed by atoms with Crippen molar-refractivity contribution in [3.63, 3.8) is 0 Å². The number of anilines is 1. The Kier molecular flexibility index (Phi) is 4.03. The summed E-state index contributed by atoms with van der Waals surface area (Å²) in [6.45, 7) is 2.06. The molecule has 0 saturated heterocycles. The van der Waals surface area contributed by atoms with Crippen molar-refractivity contribution in [3.8, 4) is 6.07 Å². The smallest absolute Gasteiger partial charge is 0.166 e. The highest BCUT2D eigenvalue weighted by molar-refractivity contribution is 6.30. The maximum Gasteiger partial charge on any atom is 0.166 e. The average Bonchev–Trinajstić information content (AvgIpc) is 3.16. The molecule has 1 heterocycles. The van der Waals surface area contributed by atoms with Crippen molar-refractivity contribution in [2.45, 2.75) is 38.6 Å². The van der Waals surface area contributed by atoms with Gasteiger partial charge in [0.25, 0.3) is 0 Å². The topological polar surface area (TPSA) is 48.7 Å². The molecule has 1 aromatic heterocycles. The quantitative estimate of drug-likeness (QED) is 0.827. The van der Waals surface area contributed by atoms with Gasteiger partial charge in [-0.05, 0) is 24.8 Å². The van der Waals surface area contributed by atoms with Gasteiger partial charge < -0.3 is 5.32 Å². The van der Waals surface area contributed by atoms with Gasteiger partial charge in [0.2, 0.25) is 0 Å². The van der Waals surface area contributed by atoms with Gasteiger partial charge in [-0.3, -0.25) is 0 Å². The molecule has 1 fully saturated rings. The van der Waals surface area contributed by atoms with Crippen LogP contribution in [0.25, 0.3) is 0 Å². The minimum Gasteiger partial charge on any atom is -0.365 e. The second kappa shape index (κ2) is 5.53. The SMILES string of the molecule is CC[C@@H](CC1CC1)Nc1nc(Cl)c(C#N)cc1F. The molecule has 1 aliphatic carbocycles. The van der Waals surface area contributed by atoms with Gasteiger partial charge in [-0.1, -0.05) is 31.4 Å². The summed E-state index contributed by atoms with van der Waals surface area (Å²) >= 11 is 5.81. The highest BCUT2D eigenvalue weighted by Crippen LogP contribution is 2.35. The molecule has 2 rings (SSSR count). The van der Waals surface area contributed by atoms with Crippen molar-refractivity contribution in [2.24, 2.45) is 5.92 Å². The van der Waals surface area contributed by atoms with E-state index in [1.54, 1.807) is 0 Å². The summed E-state index contributed by atoms with van der Waals surface area (Å²) in [5.74, 6) is 0.385. The third-order valence-corrected chi connectivity index (χ3v) is 3.49. The minimum absolute atomic E-state index is 0.0441. The van der Waals surface area contributed by atoms with Crippen LogP contribution in [0.5, 0.6) is 0 Å². The van der Waals surface area contributed by atoms with Gasteiger partial charge in [0, 0.05) is 6.04 Å². The minimum atomic E-state index is -0.523. The Morgan fingerprint density at radius 2 is 2.39 bits per heavy atom. The molecule has 1 saturated carbocycles. The molecule has 18 heavy (non-hydrogen) atoms. The lowest BCUT2D eigenvalue weighted by molar-refractivity contribution is 0.571. The zero-order valence-corrected chi connectivity index (χ0v) is 11.0. The van der Waals surface area contributed by atoms with Crippen LogP contribution >= 0.6 is 11.6 Å². The number of halogens is 2. The number of rotatable bonds is 5. The fraction of sp³-hybridized carbons (Fsp3) is 0.538. The number of nitrogens with one attached hydrogen (secondary N) is 1. The normalized spacial score (nSPS) is 16.1. The molecule has 96 valence electrons. The first-order chi connectivity index (χ1) is 8.63. The van der Waals surface area contributed by atoms with E-state index >= 15 is 0 Å². The molecule has 5 heteroatoms. The summed E-state index contributed by atoms with van der Waals surface area (Å²) < 4.78 is 13.7. The second-order valence-electron chi connectivity index (χ2n) is 4.70. The summed E-state index contributed by atoms with van der Waals surface area (Å²) in [6.07, 6.45) is 4.48. The van der Waals surface area contributed by atoms with E-state index in [2.05, 4.69) is 17.2 Å². The second-order valence-corrected chi connectivity index (χ2v) is 5.06. The molecular weight excluding hydrogens is 253 g/mol. The molecule has 1 aromatic rings. The van der Waals surface area contributed by atoms with E-state index in [1.165, 1.54) is 12.8 Å². The Bertz CT molecular complexity index is 480. The fourth-order valence-corrected chi connectivity index (χ4v) is 2.10. The predicted molar refractivity (Wildman–Crippen MR) is 69.0 cm³/mol. The highest BCUT2D eigenvalue weighted by Gasteiger charge is 2.25. The first kappa shape index (κ1) is 13.1. The lowest BCUT2D eigenvalue weighted by Crippen LogP contribution is -2.20. The number of nitriles is 1. The van der Waals surface area contributed by atoms with Crippen molar-refractivity contribution in [2.75, 3.05) is 5.32 Å². The van der Waals surface area contributed by atoms with Crippen LogP contribution in [0, 0.1) is 23.1 Å². The zero-order chi connectivity index (χ0) is 13.1. The Labute approximate surface area is 111 Å². The first-order valence-corrected chi connectivity index (χ1v) is 6.54. The third kappa shape index (κ3) is 3.11.